The van der Waals surface area contributed by atoms with Crippen LogP contribution in [0.1, 0.15) is 129 Å². The van der Waals surface area contributed by atoms with E-state index in [-0.39, 0.29) is 6.10 Å². The first-order valence-electron chi connectivity index (χ1n) is 16.3. The van der Waals surface area contributed by atoms with E-state index in [0.29, 0.717) is 12.2 Å². The molecule has 0 radical (unpaired) electrons. The van der Waals surface area contributed by atoms with Gasteiger partial charge in [-0.15, -0.1) is 0 Å². The Balaban J connectivity index is 0. The van der Waals surface area contributed by atoms with E-state index < -0.39 is 30.7 Å². The smallest absolute Gasteiger partial charge is 0.187 e. The van der Waals surface area contributed by atoms with Crippen molar-refractivity contribution in [3.63, 3.8) is 0 Å². The van der Waals surface area contributed by atoms with E-state index in [1.807, 2.05) is 0 Å². The maximum atomic E-state index is 9.65. The molecule has 0 aromatic carbocycles. The molecule has 0 aromatic rings. The summed E-state index contributed by atoms with van der Waals surface area (Å²) in [7, 11) is 0. The fourth-order valence-electron chi connectivity index (χ4n) is 3.99. The largest absolute Gasteiger partial charge is 0.387 e. The fraction of sp³-hybridized carbons (Fsp3) is 0.886. The lowest BCUT2D eigenvalue weighted by molar-refractivity contribution is -0.335. The van der Waals surface area contributed by atoms with Crippen LogP contribution in [0.25, 0.3) is 0 Å². The van der Waals surface area contributed by atoms with Crippen LogP contribution in [0.2, 0.25) is 0 Å². The molecule has 42 heavy (non-hydrogen) atoms. The number of rotatable bonds is 16. The van der Waals surface area contributed by atoms with Gasteiger partial charge in [0.15, 0.2) is 12.6 Å². The van der Waals surface area contributed by atoms with Gasteiger partial charge in [-0.1, -0.05) is 70.3 Å². The van der Waals surface area contributed by atoms with Crippen LogP contribution in [0.5, 0.6) is 0 Å². The van der Waals surface area contributed by atoms with E-state index in [1.54, 1.807) is 20.8 Å². The molecule has 0 saturated carbocycles. The number of hydrogen-bond donors (Lipinski definition) is 3. The van der Waals surface area contributed by atoms with E-state index in [9.17, 15) is 15.3 Å². The van der Waals surface area contributed by atoms with Crippen molar-refractivity contribution in [3.8, 4) is 0 Å². The third kappa shape index (κ3) is 25.7. The molecule has 252 valence electrons. The normalized spacial score (nSPS) is 23.4. The van der Waals surface area contributed by atoms with Gasteiger partial charge < -0.3 is 34.3 Å². The predicted octanol–water partition coefficient (Wildman–Crippen LogP) is 7.81. The van der Waals surface area contributed by atoms with Crippen molar-refractivity contribution in [1.29, 1.82) is 0 Å². The molecule has 1 saturated heterocycles. The lowest BCUT2D eigenvalue weighted by Crippen LogP contribution is -2.54. The molecule has 1 aliphatic heterocycles. The van der Waals surface area contributed by atoms with Crippen molar-refractivity contribution in [3.05, 3.63) is 23.3 Å². The van der Waals surface area contributed by atoms with Gasteiger partial charge in [0, 0.05) is 12.5 Å². The fourth-order valence-corrected chi connectivity index (χ4v) is 3.99. The van der Waals surface area contributed by atoms with Crippen molar-refractivity contribution in [1.82, 2.24) is 0 Å². The van der Waals surface area contributed by atoms with Crippen molar-refractivity contribution >= 4 is 0 Å². The number of ether oxygens (including phenoxy) is 4. The lowest BCUT2D eigenvalue weighted by atomic mass is 9.94. The molecule has 1 fully saturated rings. The van der Waals surface area contributed by atoms with Gasteiger partial charge in [-0.25, -0.2) is 0 Å². The summed E-state index contributed by atoms with van der Waals surface area (Å²) in [6.07, 6.45) is 8.52. The Labute approximate surface area is 260 Å². The molecule has 7 nitrogen and oxygen atoms in total. The molecular formula is C35H70O7. The van der Waals surface area contributed by atoms with Crippen LogP contribution in [-0.2, 0) is 18.9 Å². The van der Waals surface area contributed by atoms with E-state index in [0.717, 1.165) is 37.9 Å². The molecule has 6 atom stereocenters. The first-order valence-corrected chi connectivity index (χ1v) is 16.3. The summed E-state index contributed by atoms with van der Waals surface area (Å²) < 4.78 is 21.2. The SMILES string of the molecule is CC(C)=CCC/C(C)=C/COC(C)C.CC(C)CCCC(C)CCOC(C)C.CC(C)OC1OC(O)C(O)C(C)C1O. The molecule has 1 heterocycles. The highest BCUT2D eigenvalue weighted by atomic mass is 16.7. The second kappa shape index (κ2) is 25.5. The minimum Gasteiger partial charge on any atom is -0.387 e. The van der Waals surface area contributed by atoms with Gasteiger partial charge in [0.05, 0.1) is 24.9 Å². The summed E-state index contributed by atoms with van der Waals surface area (Å²) in [4.78, 5) is 0. The van der Waals surface area contributed by atoms with Gasteiger partial charge in [0.25, 0.3) is 0 Å². The van der Waals surface area contributed by atoms with E-state index in [2.05, 4.69) is 81.4 Å². The molecule has 0 amide bonds. The van der Waals surface area contributed by atoms with Crippen LogP contribution < -0.4 is 0 Å². The van der Waals surface area contributed by atoms with Crippen molar-refractivity contribution in [2.75, 3.05) is 13.2 Å². The quantitative estimate of drug-likeness (QED) is 0.155. The van der Waals surface area contributed by atoms with E-state index >= 15 is 0 Å². The highest BCUT2D eigenvalue weighted by Gasteiger charge is 2.42. The second-order valence-corrected chi connectivity index (χ2v) is 13.3. The third-order valence-electron chi connectivity index (χ3n) is 6.82. The standard InChI is InChI=1S/C13H28O.C13H24O.C9H18O5/c2*1-11(2)7-6-8-13(5)9-10-14-12(3)4;1-4(2)13-9-7(11)5(3)6(10)8(12)14-9/h11-13H,6-10H2,1-5H3;7,9,12H,6,8,10H2,1-5H3;4-12H,1-3H3/b;13-9+;. The topological polar surface area (TPSA) is 97.6 Å². The van der Waals surface area contributed by atoms with Crippen molar-refractivity contribution in [2.24, 2.45) is 17.8 Å². The van der Waals surface area contributed by atoms with Gasteiger partial charge in [-0.05, 0) is 93.4 Å². The Morgan fingerprint density at radius 3 is 1.86 bits per heavy atom. The molecule has 0 spiro atoms. The minimum absolute atomic E-state index is 0.107. The summed E-state index contributed by atoms with van der Waals surface area (Å²) >= 11 is 0. The summed E-state index contributed by atoms with van der Waals surface area (Å²) in [5.74, 6) is 1.21. The van der Waals surface area contributed by atoms with Crippen LogP contribution in [0.4, 0.5) is 0 Å². The number of allylic oxidation sites excluding steroid dienone is 3. The minimum atomic E-state index is -1.29. The van der Waals surface area contributed by atoms with Crippen molar-refractivity contribution < 1.29 is 34.3 Å². The highest BCUT2D eigenvalue weighted by Crippen LogP contribution is 2.26. The predicted molar refractivity (Wildman–Crippen MR) is 175 cm³/mol. The molecule has 6 unspecified atom stereocenters. The summed E-state index contributed by atoms with van der Waals surface area (Å²) in [5.41, 5.74) is 2.82. The number of hydrogen-bond acceptors (Lipinski definition) is 7. The van der Waals surface area contributed by atoms with Crippen LogP contribution in [-0.4, -0.2) is 71.6 Å². The van der Waals surface area contributed by atoms with E-state index in [1.165, 1.54) is 36.8 Å². The number of aliphatic hydroxyl groups is 3. The van der Waals surface area contributed by atoms with Crippen LogP contribution in [0, 0.1) is 17.8 Å². The molecule has 0 aromatic heterocycles. The van der Waals surface area contributed by atoms with Crippen LogP contribution in [0.3, 0.4) is 0 Å². The molecule has 7 heteroatoms. The molecule has 0 aliphatic carbocycles. The van der Waals surface area contributed by atoms with Gasteiger partial charge in [0.2, 0.25) is 0 Å². The maximum Gasteiger partial charge on any atom is 0.187 e. The zero-order valence-corrected chi connectivity index (χ0v) is 29.6. The Morgan fingerprint density at radius 2 is 1.36 bits per heavy atom. The summed E-state index contributed by atoms with van der Waals surface area (Å²) in [5, 5.41) is 28.3. The maximum absolute atomic E-state index is 9.65. The third-order valence-corrected chi connectivity index (χ3v) is 6.82. The van der Waals surface area contributed by atoms with Crippen LogP contribution in [0.15, 0.2) is 23.3 Å². The highest BCUT2D eigenvalue weighted by molar-refractivity contribution is 5.02. The van der Waals surface area contributed by atoms with Gasteiger partial charge >= 0.3 is 0 Å². The van der Waals surface area contributed by atoms with E-state index in [4.69, 9.17) is 18.9 Å². The zero-order chi connectivity index (χ0) is 32.8. The molecule has 1 rings (SSSR count). The molecule has 0 bridgehead atoms. The van der Waals surface area contributed by atoms with Gasteiger partial charge in [0.1, 0.15) is 12.2 Å². The molecular weight excluding hydrogens is 532 g/mol. The Bertz CT molecular complexity index is 669. The Hall–Kier alpha value is -0.800. The monoisotopic (exact) mass is 603 g/mol. The van der Waals surface area contributed by atoms with Crippen LogP contribution >= 0.6 is 0 Å². The lowest BCUT2D eigenvalue weighted by Gasteiger charge is -2.39. The molecule has 1 aliphatic rings. The summed E-state index contributed by atoms with van der Waals surface area (Å²) in [6, 6.07) is 0. The first kappa shape index (κ1) is 43.3. The zero-order valence-electron chi connectivity index (χ0n) is 29.6. The van der Waals surface area contributed by atoms with Gasteiger partial charge in [-0.2, -0.15) is 0 Å². The first-order chi connectivity index (χ1) is 19.5. The van der Waals surface area contributed by atoms with Gasteiger partial charge in [-0.3, -0.25) is 0 Å². The number of aliphatic hydroxyl groups excluding tert-OH is 3. The average molecular weight is 603 g/mol. The Kier molecular flexibility index (Phi) is 26.3. The second-order valence-electron chi connectivity index (χ2n) is 13.3. The van der Waals surface area contributed by atoms with Crippen molar-refractivity contribution in [2.45, 2.75) is 172 Å². The molecule has 3 N–H and O–H groups in total. The summed E-state index contributed by atoms with van der Waals surface area (Å²) in [6.45, 7) is 28.6. The average Bonchev–Trinajstić information content (AvgIpc) is 2.85. The Morgan fingerprint density at radius 1 is 0.762 bits per heavy atom.